The predicted octanol–water partition coefficient (Wildman–Crippen LogP) is 2.59. The molecule has 0 bridgehead atoms. The Labute approximate surface area is 173 Å². The molecule has 0 fully saturated rings. The third kappa shape index (κ3) is 5.70. The van der Waals surface area contributed by atoms with Crippen LogP contribution in [0.1, 0.15) is 23.1 Å². The average Bonchev–Trinajstić information content (AvgIpc) is 2.90. The Morgan fingerprint density at radius 3 is 2.59 bits per heavy atom. The van der Waals surface area contributed by atoms with Gasteiger partial charge < -0.3 is 19.3 Å². The van der Waals surface area contributed by atoms with Crippen molar-refractivity contribution in [3.63, 3.8) is 0 Å². The molecule has 156 valence electrons. The molecule has 6 heteroatoms. The minimum absolute atomic E-state index is 0.189. The molecule has 0 N–H and O–H groups in total. The maximum absolute atomic E-state index is 12.8. The number of carbonyl (C=O) groups is 1. The minimum atomic E-state index is 0.189. The number of hydrogen-bond acceptors (Lipinski definition) is 5. The van der Waals surface area contributed by atoms with Gasteiger partial charge in [0.2, 0.25) is 5.91 Å². The maximum Gasteiger partial charge on any atom is 0.227 e. The fourth-order valence-electron chi connectivity index (χ4n) is 3.76. The van der Waals surface area contributed by atoms with Crippen LogP contribution >= 0.6 is 0 Å². The van der Waals surface area contributed by atoms with E-state index in [1.165, 1.54) is 11.1 Å². The van der Waals surface area contributed by atoms with E-state index in [0.29, 0.717) is 12.2 Å². The minimum Gasteiger partial charge on any atom is -0.493 e. The summed E-state index contributed by atoms with van der Waals surface area (Å²) in [5.41, 5.74) is 3.47. The molecule has 1 amide bonds. The molecule has 6 nitrogen and oxygen atoms in total. The second kappa shape index (κ2) is 10.3. The van der Waals surface area contributed by atoms with Gasteiger partial charge in [-0.15, -0.1) is 0 Å². The van der Waals surface area contributed by atoms with E-state index in [0.717, 1.165) is 56.8 Å². The molecule has 1 aromatic heterocycles. The van der Waals surface area contributed by atoms with Crippen molar-refractivity contribution in [2.24, 2.45) is 0 Å². The number of fused-ring (bicyclic) bond motifs is 1. The topological polar surface area (TPSA) is 54.9 Å². The zero-order valence-electron chi connectivity index (χ0n) is 17.7. The molecule has 29 heavy (non-hydrogen) atoms. The smallest absolute Gasteiger partial charge is 0.227 e. The molecule has 1 aliphatic rings. The number of ether oxygens (including phenoxy) is 2. The normalized spacial score (nSPS) is 13.9. The first-order valence-electron chi connectivity index (χ1n) is 10.2. The first kappa shape index (κ1) is 21.1. The molecule has 2 aromatic rings. The van der Waals surface area contributed by atoms with Crippen molar-refractivity contribution < 1.29 is 14.3 Å². The summed E-state index contributed by atoms with van der Waals surface area (Å²) in [5, 5.41) is 0. The maximum atomic E-state index is 12.8. The Morgan fingerprint density at radius 2 is 1.90 bits per heavy atom. The fraction of sp³-hybridized carbons (Fsp3) is 0.478. The lowest BCUT2D eigenvalue weighted by atomic mass is 10.0. The van der Waals surface area contributed by atoms with Crippen LogP contribution < -0.4 is 9.47 Å². The van der Waals surface area contributed by atoms with Gasteiger partial charge in [-0.3, -0.25) is 9.78 Å². The summed E-state index contributed by atoms with van der Waals surface area (Å²) in [6.45, 7) is 3.50. The Balaban J connectivity index is 1.49. The largest absolute Gasteiger partial charge is 0.493 e. The van der Waals surface area contributed by atoms with Crippen molar-refractivity contribution in [3.05, 3.63) is 53.3 Å². The lowest BCUT2D eigenvalue weighted by Crippen LogP contribution is -2.35. The number of aromatic nitrogens is 1. The lowest BCUT2D eigenvalue weighted by molar-refractivity contribution is -0.130. The monoisotopic (exact) mass is 397 g/mol. The van der Waals surface area contributed by atoms with Gasteiger partial charge in [0, 0.05) is 32.0 Å². The molecular formula is C23H31N3O3. The van der Waals surface area contributed by atoms with Gasteiger partial charge in [-0.05, 0) is 67.7 Å². The third-order valence-electron chi connectivity index (χ3n) is 5.52. The van der Waals surface area contributed by atoms with Crippen LogP contribution in [0.4, 0.5) is 0 Å². The number of hydrogen-bond donors (Lipinski definition) is 0. The van der Waals surface area contributed by atoms with Gasteiger partial charge in [0.25, 0.3) is 0 Å². The molecule has 0 saturated carbocycles. The van der Waals surface area contributed by atoms with Crippen molar-refractivity contribution in [3.8, 4) is 11.5 Å². The highest BCUT2D eigenvalue weighted by molar-refractivity contribution is 5.80. The van der Waals surface area contributed by atoms with E-state index in [4.69, 9.17) is 9.47 Å². The molecule has 3 rings (SSSR count). The molecule has 0 saturated heterocycles. The van der Waals surface area contributed by atoms with Gasteiger partial charge in [0.1, 0.15) is 0 Å². The van der Waals surface area contributed by atoms with Gasteiger partial charge in [-0.25, -0.2) is 0 Å². The van der Waals surface area contributed by atoms with Crippen molar-refractivity contribution in [1.29, 1.82) is 0 Å². The van der Waals surface area contributed by atoms with E-state index in [2.05, 4.69) is 23.0 Å². The van der Waals surface area contributed by atoms with Crippen LogP contribution in [0.3, 0.4) is 0 Å². The average molecular weight is 398 g/mol. The lowest BCUT2D eigenvalue weighted by Gasteiger charge is -2.22. The molecule has 1 aliphatic heterocycles. The molecule has 0 aliphatic carbocycles. The standard InChI is InChI=1S/C23H31N3O3/c1-25(12-7-18-6-4-9-24-17-18)10-5-11-26-13-8-19-14-21(28-2)22(29-3)15-20(19)16-23(26)27/h4,6,9,14-15,17H,5,7-8,10-13,16H2,1-3H3. The van der Waals surface area contributed by atoms with Crippen LogP contribution in [0.15, 0.2) is 36.7 Å². The van der Waals surface area contributed by atoms with Crippen molar-refractivity contribution in [1.82, 2.24) is 14.8 Å². The molecule has 2 heterocycles. The Morgan fingerprint density at radius 1 is 1.14 bits per heavy atom. The number of carbonyl (C=O) groups excluding carboxylic acids is 1. The van der Waals surface area contributed by atoms with Crippen LogP contribution in [0.2, 0.25) is 0 Å². The summed E-state index contributed by atoms with van der Waals surface area (Å²) in [6.07, 6.45) is 6.95. The van der Waals surface area contributed by atoms with Gasteiger partial charge >= 0.3 is 0 Å². The first-order chi connectivity index (χ1) is 14.1. The summed E-state index contributed by atoms with van der Waals surface area (Å²) in [7, 11) is 5.40. The SMILES string of the molecule is COc1cc2c(cc1OC)CC(=O)N(CCCN(C)CCc1cccnc1)CC2. The zero-order chi connectivity index (χ0) is 20.6. The van der Waals surface area contributed by atoms with E-state index in [-0.39, 0.29) is 5.91 Å². The second-order valence-electron chi connectivity index (χ2n) is 7.55. The zero-order valence-corrected chi connectivity index (χ0v) is 17.7. The van der Waals surface area contributed by atoms with Crippen LogP contribution in [0.5, 0.6) is 11.5 Å². The molecule has 0 radical (unpaired) electrons. The summed E-state index contributed by atoms with van der Waals surface area (Å²) in [5.74, 6) is 1.60. The third-order valence-corrected chi connectivity index (χ3v) is 5.52. The van der Waals surface area contributed by atoms with E-state index < -0.39 is 0 Å². The van der Waals surface area contributed by atoms with Gasteiger partial charge in [-0.1, -0.05) is 6.07 Å². The van der Waals surface area contributed by atoms with E-state index in [1.54, 1.807) is 20.4 Å². The van der Waals surface area contributed by atoms with Crippen molar-refractivity contribution in [2.75, 3.05) is 47.4 Å². The highest BCUT2D eigenvalue weighted by Crippen LogP contribution is 2.32. The molecular weight excluding hydrogens is 366 g/mol. The summed E-state index contributed by atoms with van der Waals surface area (Å²) in [4.78, 5) is 21.2. The molecule has 0 unspecified atom stereocenters. The molecule has 0 atom stereocenters. The van der Waals surface area contributed by atoms with E-state index in [1.807, 2.05) is 29.3 Å². The molecule has 0 spiro atoms. The van der Waals surface area contributed by atoms with Gasteiger partial charge in [0.15, 0.2) is 11.5 Å². The molecule has 1 aromatic carbocycles. The highest BCUT2D eigenvalue weighted by Gasteiger charge is 2.22. The summed E-state index contributed by atoms with van der Waals surface area (Å²) in [6, 6.07) is 8.04. The quantitative estimate of drug-likeness (QED) is 0.651. The van der Waals surface area contributed by atoms with Crippen LogP contribution in [0, 0.1) is 0 Å². The second-order valence-corrected chi connectivity index (χ2v) is 7.55. The van der Waals surface area contributed by atoms with Gasteiger partial charge in [0.05, 0.1) is 20.6 Å². The van der Waals surface area contributed by atoms with Crippen LogP contribution in [0.25, 0.3) is 0 Å². The Bertz CT molecular complexity index is 811. The van der Waals surface area contributed by atoms with Crippen molar-refractivity contribution in [2.45, 2.75) is 25.7 Å². The number of benzene rings is 1. The number of likely N-dealkylation sites (N-methyl/N-ethyl adjacent to an activating group) is 1. The number of nitrogens with zero attached hydrogens (tertiary/aromatic N) is 3. The van der Waals surface area contributed by atoms with Crippen molar-refractivity contribution >= 4 is 5.91 Å². The Kier molecular flexibility index (Phi) is 7.47. The first-order valence-corrected chi connectivity index (χ1v) is 10.2. The number of amides is 1. The number of pyridine rings is 1. The fourth-order valence-corrected chi connectivity index (χ4v) is 3.76. The van der Waals surface area contributed by atoms with E-state index >= 15 is 0 Å². The number of rotatable bonds is 9. The Hall–Kier alpha value is -2.60. The number of methoxy groups -OCH3 is 2. The highest BCUT2D eigenvalue weighted by atomic mass is 16.5. The predicted molar refractivity (Wildman–Crippen MR) is 114 cm³/mol. The van der Waals surface area contributed by atoms with Crippen LogP contribution in [-0.4, -0.2) is 68.1 Å². The summed E-state index contributed by atoms with van der Waals surface area (Å²) >= 11 is 0. The van der Waals surface area contributed by atoms with Crippen LogP contribution in [-0.2, 0) is 24.1 Å². The summed E-state index contributed by atoms with van der Waals surface area (Å²) < 4.78 is 10.8. The van der Waals surface area contributed by atoms with Gasteiger partial charge in [-0.2, -0.15) is 0 Å². The van der Waals surface area contributed by atoms with E-state index in [9.17, 15) is 4.79 Å².